The fraction of sp³-hybridized carbons (Fsp3) is 0.381. The van der Waals surface area contributed by atoms with E-state index in [1.54, 1.807) is 0 Å². The molecule has 1 aliphatic rings. The summed E-state index contributed by atoms with van der Waals surface area (Å²) in [5, 5.41) is 9.52. The van der Waals surface area contributed by atoms with Gasteiger partial charge in [-0.25, -0.2) is 5.48 Å². The number of hydrogen-bond donors (Lipinski definition) is 2. The zero-order chi connectivity index (χ0) is 17.5. The minimum absolute atomic E-state index is 0.373. The van der Waals surface area contributed by atoms with E-state index in [1.165, 1.54) is 19.3 Å². The number of hydrogen-bond acceptors (Lipinski definition) is 3. The van der Waals surface area contributed by atoms with Crippen molar-refractivity contribution >= 4 is 5.91 Å². The summed E-state index contributed by atoms with van der Waals surface area (Å²) in [5.74, 6) is -0.373. The van der Waals surface area contributed by atoms with Gasteiger partial charge in [0.2, 0.25) is 0 Å². The Labute approximate surface area is 149 Å². The Kier molecular flexibility index (Phi) is 5.84. The molecule has 0 unspecified atom stereocenters. The van der Waals surface area contributed by atoms with E-state index in [0.29, 0.717) is 6.42 Å². The molecular formula is C21H26N2O2. The van der Waals surface area contributed by atoms with E-state index in [0.717, 1.165) is 30.8 Å². The molecule has 1 aliphatic heterocycles. The second-order valence-electron chi connectivity index (χ2n) is 6.73. The highest BCUT2D eigenvalue weighted by atomic mass is 16.5. The minimum Gasteiger partial charge on any atom is -0.303 e. The van der Waals surface area contributed by atoms with E-state index in [9.17, 15) is 10.0 Å². The van der Waals surface area contributed by atoms with Crippen LogP contribution >= 0.6 is 0 Å². The van der Waals surface area contributed by atoms with Gasteiger partial charge in [0, 0.05) is 0 Å². The number of nitrogens with one attached hydrogen (secondary N) is 1. The van der Waals surface area contributed by atoms with Crippen LogP contribution in [0, 0.1) is 0 Å². The third-order valence-electron chi connectivity index (χ3n) is 5.27. The van der Waals surface area contributed by atoms with Crippen molar-refractivity contribution in [3.8, 4) is 0 Å². The monoisotopic (exact) mass is 338 g/mol. The highest BCUT2D eigenvalue weighted by Gasteiger charge is 2.42. The second kappa shape index (κ2) is 8.28. The minimum atomic E-state index is -0.894. The summed E-state index contributed by atoms with van der Waals surface area (Å²) < 4.78 is 0. The number of hydroxylamine groups is 1. The standard InChI is InChI=1S/C21H26N2O2/c24-20(22-25)21(18-10-4-1-5-11-18,19-12-6-2-7-13-19)14-17-23-15-8-3-9-16-23/h1-2,4-7,10-13,25H,3,8-9,14-17H2,(H,22,24). The van der Waals surface area contributed by atoms with Crippen LogP contribution in [-0.4, -0.2) is 35.6 Å². The van der Waals surface area contributed by atoms with Crippen LogP contribution in [0.4, 0.5) is 0 Å². The lowest BCUT2D eigenvalue weighted by molar-refractivity contribution is -0.134. The number of piperidine rings is 1. The first-order valence-corrected chi connectivity index (χ1v) is 9.05. The number of carbonyl (C=O) groups excluding carboxylic acids is 1. The summed E-state index contributed by atoms with van der Waals surface area (Å²) in [6.07, 6.45) is 4.36. The van der Waals surface area contributed by atoms with Crippen LogP contribution in [0.15, 0.2) is 60.7 Å². The van der Waals surface area contributed by atoms with Crippen molar-refractivity contribution < 1.29 is 10.0 Å². The normalized spacial score (nSPS) is 15.7. The van der Waals surface area contributed by atoms with Gasteiger partial charge < -0.3 is 4.90 Å². The third-order valence-corrected chi connectivity index (χ3v) is 5.27. The SMILES string of the molecule is O=C(NO)C(CCN1CCCCC1)(c1ccccc1)c1ccccc1. The highest BCUT2D eigenvalue weighted by Crippen LogP contribution is 2.36. The van der Waals surface area contributed by atoms with Crippen LogP contribution in [-0.2, 0) is 10.2 Å². The van der Waals surface area contributed by atoms with Crippen LogP contribution in [0.2, 0.25) is 0 Å². The lowest BCUT2D eigenvalue weighted by Gasteiger charge is -2.36. The fourth-order valence-corrected chi connectivity index (χ4v) is 3.88. The molecule has 0 atom stereocenters. The van der Waals surface area contributed by atoms with Crippen molar-refractivity contribution in [2.75, 3.05) is 19.6 Å². The predicted molar refractivity (Wildman–Crippen MR) is 98.5 cm³/mol. The first-order chi connectivity index (χ1) is 12.3. The average molecular weight is 338 g/mol. The van der Waals surface area contributed by atoms with Gasteiger partial charge in [-0.1, -0.05) is 67.1 Å². The fourth-order valence-electron chi connectivity index (χ4n) is 3.88. The summed E-state index contributed by atoms with van der Waals surface area (Å²) >= 11 is 0. The topological polar surface area (TPSA) is 52.6 Å². The molecule has 0 spiro atoms. The van der Waals surface area contributed by atoms with E-state index in [1.807, 2.05) is 66.1 Å². The number of likely N-dealkylation sites (tertiary alicyclic amines) is 1. The zero-order valence-corrected chi connectivity index (χ0v) is 14.5. The largest absolute Gasteiger partial charge is 0.303 e. The van der Waals surface area contributed by atoms with E-state index in [2.05, 4.69) is 4.90 Å². The van der Waals surface area contributed by atoms with Gasteiger partial charge in [-0.3, -0.25) is 10.0 Å². The van der Waals surface area contributed by atoms with Gasteiger partial charge >= 0.3 is 0 Å². The van der Waals surface area contributed by atoms with E-state index >= 15 is 0 Å². The molecule has 0 radical (unpaired) electrons. The Morgan fingerprint density at radius 1 is 0.920 bits per heavy atom. The predicted octanol–water partition coefficient (Wildman–Crippen LogP) is 3.35. The zero-order valence-electron chi connectivity index (χ0n) is 14.5. The Bertz CT molecular complexity index is 627. The van der Waals surface area contributed by atoms with Crippen LogP contribution in [0.5, 0.6) is 0 Å². The maximum absolute atomic E-state index is 12.9. The van der Waals surface area contributed by atoms with E-state index < -0.39 is 5.41 Å². The number of carbonyl (C=O) groups is 1. The Hall–Kier alpha value is -2.17. The first kappa shape index (κ1) is 17.6. The molecule has 4 nitrogen and oxygen atoms in total. The quantitative estimate of drug-likeness (QED) is 0.627. The maximum atomic E-state index is 12.9. The number of benzene rings is 2. The van der Waals surface area contributed by atoms with Crippen molar-refractivity contribution in [2.45, 2.75) is 31.1 Å². The Morgan fingerprint density at radius 2 is 1.44 bits per heavy atom. The third kappa shape index (κ3) is 3.75. The molecular weight excluding hydrogens is 312 g/mol. The van der Waals surface area contributed by atoms with Crippen LogP contribution < -0.4 is 5.48 Å². The van der Waals surface area contributed by atoms with Gasteiger partial charge in [-0.2, -0.15) is 0 Å². The molecule has 25 heavy (non-hydrogen) atoms. The summed E-state index contributed by atoms with van der Waals surface area (Å²) in [7, 11) is 0. The molecule has 0 bridgehead atoms. The van der Waals surface area contributed by atoms with Gasteiger partial charge in [-0.05, 0) is 50.0 Å². The van der Waals surface area contributed by atoms with Gasteiger partial charge in [0.1, 0.15) is 5.41 Å². The molecule has 0 saturated carbocycles. The van der Waals surface area contributed by atoms with Crippen LogP contribution in [0.3, 0.4) is 0 Å². The lowest BCUT2D eigenvalue weighted by Crippen LogP contribution is -2.47. The number of nitrogens with zero attached hydrogens (tertiary/aromatic N) is 1. The number of rotatable bonds is 6. The molecule has 132 valence electrons. The first-order valence-electron chi connectivity index (χ1n) is 9.05. The average Bonchev–Trinajstić information content (AvgIpc) is 2.70. The van der Waals surface area contributed by atoms with Crippen molar-refractivity contribution in [2.24, 2.45) is 0 Å². The number of amides is 1. The summed E-state index contributed by atoms with van der Waals surface area (Å²) in [6.45, 7) is 3.00. The van der Waals surface area contributed by atoms with Gasteiger partial charge in [0.15, 0.2) is 0 Å². The van der Waals surface area contributed by atoms with E-state index in [-0.39, 0.29) is 5.91 Å². The van der Waals surface area contributed by atoms with Crippen molar-refractivity contribution in [1.29, 1.82) is 0 Å². The summed E-state index contributed by atoms with van der Waals surface area (Å²) in [5.41, 5.74) is 2.85. The molecule has 2 aromatic carbocycles. The summed E-state index contributed by atoms with van der Waals surface area (Å²) in [6, 6.07) is 19.5. The Morgan fingerprint density at radius 3 is 1.92 bits per heavy atom. The van der Waals surface area contributed by atoms with Crippen LogP contribution in [0.1, 0.15) is 36.8 Å². The molecule has 1 amide bonds. The van der Waals surface area contributed by atoms with Gasteiger partial charge in [-0.15, -0.1) is 0 Å². The van der Waals surface area contributed by atoms with Crippen molar-refractivity contribution in [3.05, 3.63) is 71.8 Å². The molecule has 1 heterocycles. The van der Waals surface area contributed by atoms with Gasteiger partial charge in [0.05, 0.1) is 0 Å². The van der Waals surface area contributed by atoms with Gasteiger partial charge in [0.25, 0.3) is 5.91 Å². The molecule has 3 rings (SSSR count). The Balaban J connectivity index is 2.00. The molecule has 1 saturated heterocycles. The highest BCUT2D eigenvalue weighted by molar-refractivity contribution is 5.91. The lowest BCUT2D eigenvalue weighted by atomic mass is 9.71. The van der Waals surface area contributed by atoms with Crippen LogP contribution in [0.25, 0.3) is 0 Å². The molecule has 4 heteroatoms. The second-order valence-corrected chi connectivity index (χ2v) is 6.73. The smallest absolute Gasteiger partial charge is 0.258 e. The summed E-state index contributed by atoms with van der Waals surface area (Å²) in [4.78, 5) is 15.4. The maximum Gasteiger partial charge on any atom is 0.258 e. The van der Waals surface area contributed by atoms with E-state index in [4.69, 9.17) is 0 Å². The molecule has 1 fully saturated rings. The molecule has 2 N–H and O–H groups in total. The molecule has 0 aliphatic carbocycles. The molecule has 2 aromatic rings. The van der Waals surface area contributed by atoms with Crippen molar-refractivity contribution in [3.63, 3.8) is 0 Å². The van der Waals surface area contributed by atoms with Crippen molar-refractivity contribution in [1.82, 2.24) is 10.4 Å². The molecule has 0 aromatic heterocycles.